The number of benzene rings is 2. The minimum Gasteiger partial charge on any atom is -0.496 e. The average molecular weight is 348 g/mol. The molecule has 0 spiro atoms. The zero-order valence-corrected chi connectivity index (χ0v) is 14.4. The van der Waals surface area contributed by atoms with Crippen molar-refractivity contribution in [1.29, 1.82) is 0 Å². The molecule has 0 atom stereocenters. The summed E-state index contributed by atoms with van der Waals surface area (Å²) >= 11 is 5.87. The van der Waals surface area contributed by atoms with Gasteiger partial charge in [-0.2, -0.15) is 0 Å². The van der Waals surface area contributed by atoms with Gasteiger partial charge in [-0.15, -0.1) is 0 Å². The molecule has 1 amide bonds. The number of esters is 1. The van der Waals surface area contributed by atoms with E-state index in [1.807, 2.05) is 13.8 Å². The lowest BCUT2D eigenvalue weighted by molar-refractivity contribution is -0.119. The lowest BCUT2D eigenvalue weighted by Gasteiger charge is -2.10. The molecule has 0 saturated carbocycles. The molecule has 0 unspecified atom stereocenters. The number of halogens is 1. The van der Waals surface area contributed by atoms with Gasteiger partial charge in [0.2, 0.25) is 0 Å². The van der Waals surface area contributed by atoms with E-state index in [1.54, 1.807) is 36.4 Å². The third kappa shape index (κ3) is 4.49. The van der Waals surface area contributed by atoms with Gasteiger partial charge in [-0.05, 0) is 55.3 Å². The fourth-order valence-electron chi connectivity index (χ4n) is 2.12. The van der Waals surface area contributed by atoms with Crippen LogP contribution >= 0.6 is 11.6 Å². The van der Waals surface area contributed by atoms with E-state index in [0.29, 0.717) is 22.0 Å². The first kappa shape index (κ1) is 17.8. The molecule has 0 aliphatic rings. The molecule has 2 aromatic rings. The first-order valence-corrected chi connectivity index (χ1v) is 7.66. The summed E-state index contributed by atoms with van der Waals surface area (Å²) in [5.74, 6) is -0.421. The number of hydrogen-bond donors (Lipinski definition) is 1. The van der Waals surface area contributed by atoms with Gasteiger partial charge in [0.1, 0.15) is 5.75 Å². The maximum absolute atomic E-state index is 12.0. The molecule has 126 valence electrons. The van der Waals surface area contributed by atoms with Crippen molar-refractivity contribution in [1.82, 2.24) is 0 Å². The first-order valence-electron chi connectivity index (χ1n) is 7.28. The Morgan fingerprint density at radius 3 is 2.50 bits per heavy atom. The Labute approximate surface area is 145 Å². The van der Waals surface area contributed by atoms with Gasteiger partial charge in [-0.1, -0.05) is 17.7 Å². The number of nitrogens with one attached hydrogen (secondary N) is 1. The molecular weight excluding hydrogens is 330 g/mol. The number of carbonyl (C=O) groups is 2. The number of hydrogen-bond acceptors (Lipinski definition) is 4. The molecule has 0 fully saturated rings. The molecule has 0 saturated heterocycles. The Bertz CT molecular complexity index is 774. The molecule has 0 aliphatic carbocycles. The van der Waals surface area contributed by atoms with Crippen LogP contribution in [-0.2, 0) is 9.53 Å². The smallest absolute Gasteiger partial charge is 0.338 e. The summed E-state index contributed by atoms with van der Waals surface area (Å²) in [5, 5.41) is 3.26. The number of carbonyl (C=O) groups excluding carboxylic acids is 2. The van der Waals surface area contributed by atoms with Gasteiger partial charge in [0.15, 0.2) is 6.61 Å². The molecule has 0 aliphatic heterocycles. The molecule has 2 aromatic carbocycles. The summed E-state index contributed by atoms with van der Waals surface area (Å²) in [7, 11) is 1.53. The number of aryl methyl sites for hydroxylation is 2. The summed E-state index contributed by atoms with van der Waals surface area (Å²) in [6.07, 6.45) is 0. The third-order valence-corrected chi connectivity index (χ3v) is 3.68. The van der Waals surface area contributed by atoms with E-state index in [1.165, 1.54) is 7.11 Å². The normalized spacial score (nSPS) is 10.2. The summed E-state index contributed by atoms with van der Waals surface area (Å²) in [6.45, 7) is 3.32. The highest BCUT2D eigenvalue weighted by Crippen LogP contribution is 2.20. The van der Waals surface area contributed by atoms with Crippen LogP contribution in [0.2, 0.25) is 5.02 Å². The van der Waals surface area contributed by atoms with Gasteiger partial charge in [0, 0.05) is 10.7 Å². The highest BCUT2D eigenvalue weighted by Gasteiger charge is 2.13. The SMILES string of the molecule is COc1cc(C(=O)OCC(=O)Nc2ccc(Cl)cc2C)ccc1C. The van der Waals surface area contributed by atoms with Gasteiger partial charge in [0.05, 0.1) is 12.7 Å². The zero-order chi connectivity index (χ0) is 17.7. The van der Waals surface area contributed by atoms with E-state index in [4.69, 9.17) is 21.1 Å². The van der Waals surface area contributed by atoms with E-state index >= 15 is 0 Å². The van der Waals surface area contributed by atoms with Crippen LogP contribution in [0.15, 0.2) is 36.4 Å². The minimum atomic E-state index is -0.587. The Kier molecular flexibility index (Phi) is 5.82. The van der Waals surface area contributed by atoms with Crippen LogP contribution < -0.4 is 10.1 Å². The molecule has 0 aromatic heterocycles. The highest BCUT2D eigenvalue weighted by molar-refractivity contribution is 6.30. The van der Waals surface area contributed by atoms with Crippen molar-refractivity contribution in [3.63, 3.8) is 0 Å². The quantitative estimate of drug-likeness (QED) is 0.836. The third-order valence-electron chi connectivity index (χ3n) is 3.44. The van der Waals surface area contributed by atoms with E-state index in [2.05, 4.69) is 5.32 Å². The molecule has 1 N–H and O–H groups in total. The Hall–Kier alpha value is -2.53. The molecule has 0 heterocycles. The van der Waals surface area contributed by atoms with Crippen LogP contribution in [0.3, 0.4) is 0 Å². The van der Waals surface area contributed by atoms with E-state index in [9.17, 15) is 9.59 Å². The molecule has 6 heteroatoms. The summed E-state index contributed by atoms with van der Waals surface area (Å²) < 4.78 is 10.2. The van der Waals surface area contributed by atoms with Gasteiger partial charge in [-0.25, -0.2) is 4.79 Å². The second kappa shape index (κ2) is 7.84. The van der Waals surface area contributed by atoms with Gasteiger partial charge in [-0.3, -0.25) is 4.79 Å². The molecule has 2 rings (SSSR count). The van der Waals surface area contributed by atoms with Crippen molar-refractivity contribution in [3.8, 4) is 5.75 Å². The second-order valence-electron chi connectivity index (χ2n) is 5.27. The van der Waals surface area contributed by atoms with Crippen molar-refractivity contribution in [3.05, 3.63) is 58.1 Å². The molecule has 0 bridgehead atoms. The molecule has 24 heavy (non-hydrogen) atoms. The van der Waals surface area contributed by atoms with Gasteiger partial charge in [0.25, 0.3) is 5.91 Å². The molecule has 0 radical (unpaired) electrons. The number of amides is 1. The summed E-state index contributed by atoms with van der Waals surface area (Å²) in [5.41, 5.74) is 2.68. The van der Waals surface area contributed by atoms with E-state index in [-0.39, 0.29) is 6.61 Å². The lowest BCUT2D eigenvalue weighted by atomic mass is 10.1. The van der Waals surface area contributed by atoms with Crippen LogP contribution in [0.1, 0.15) is 21.5 Å². The Morgan fingerprint density at radius 1 is 1.08 bits per heavy atom. The summed E-state index contributed by atoms with van der Waals surface area (Å²) in [4.78, 5) is 23.9. The zero-order valence-electron chi connectivity index (χ0n) is 13.7. The van der Waals surface area contributed by atoms with Gasteiger partial charge >= 0.3 is 5.97 Å². The van der Waals surface area contributed by atoms with E-state index in [0.717, 1.165) is 11.1 Å². The number of anilines is 1. The van der Waals surface area contributed by atoms with Crippen LogP contribution in [0.25, 0.3) is 0 Å². The average Bonchev–Trinajstić information content (AvgIpc) is 2.55. The van der Waals surface area contributed by atoms with Crippen molar-refractivity contribution in [2.24, 2.45) is 0 Å². The Balaban J connectivity index is 1.95. The largest absolute Gasteiger partial charge is 0.496 e. The van der Waals surface area contributed by atoms with Crippen LogP contribution in [0.4, 0.5) is 5.69 Å². The standard InChI is InChI=1S/C18H18ClNO4/c1-11-4-5-13(9-16(11)23-3)18(22)24-10-17(21)20-15-7-6-14(19)8-12(15)2/h4-9H,10H2,1-3H3,(H,20,21). The predicted octanol–water partition coefficient (Wildman–Crippen LogP) is 3.76. The predicted molar refractivity (Wildman–Crippen MR) is 92.8 cm³/mol. The second-order valence-corrected chi connectivity index (χ2v) is 5.70. The van der Waals surface area contributed by atoms with Crippen molar-refractivity contribution >= 4 is 29.2 Å². The van der Waals surface area contributed by atoms with E-state index < -0.39 is 11.9 Å². The molecular formula is C18H18ClNO4. The number of ether oxygens (including phenoxy) is 2. The van der Waals surface area contributed by atoms with Gasteiger partial charge < -0.3 is 14.8 Å². The topological polar surface area (TPSA) is 64.6 Å². The van der Waals surface area contributed by atoms with Crippen molar-refractivity contribution in [2.75, 3.05) is 19.0 Å². The minimum absolute atomic E-state index is 0.327. The van der Waals surface area contributed by atoms with Crippen molar-refractivity contribution < 1.29 is 19.1 Å². The Morgan fingerprint density at radius 2 is 1.83 bits per heavy atom. The fourth-order valence-corrected chi connectivity index (χ4v) is 2.34. The monoisotopic (exact) mass is 347 g/mol. The highest BCUT2D eigenvalue weighted by atomic mass is 35.5. The summed E-state index contributed by atoms with van der Waals surface area (Å²) in [6, 6.07) is 10.1. The fraction of sp³-hybridized carbons (Fsp3) is 0.222. The lowest BCUT2D eigenvalue weighted by Crippen LogP contribution is -2.21. The van der Waals surface area contributed by atoms with Crippen LogP contribution in [-0.4, -0.2) is 25.6 Å². The van der Waals surface area contributed by atoms with Crippen LogP contribution in [0, 0.1) is 13.8 Å². The number of methoxy groups -OCH3 is 1. The van der Waals surface area contributed by atoms with Crippen LogP contribution in [0.5, 0.6) is 5.75 Å². The molecule has 5 nitrogen and oxygen atoms in total. The maximum atomic E-state index is 12.0. The number of rotatable bonds is 5. The maximum Gasteiger partial charge on any atom is 0.338 e. The first-order chi connectivity index (χ1) is 11.4. The van der Waals surface area contributed by atoms with Crippen molar-refractivity contribution in [2.45, 2.75) is 13.8 Å².